The van der Waals surface area contributed by atoms with Crippen LogP contribution in [0, 0.1) is 0 Å². The van der Waals surface area contributed by atoms with E-state index in [4.69, 9.17) is 0 Å². The first kappa shape index (κ1) is 23.8. The van der Waals surface area contributed by atoms with E-state index in [0.29, 0.717) is 18.2 Å². The Morgan fingerprint density at radius 1 is 1.06 bits per heavy atom. The predicted octanol–water partition coefficient (Wildman–Crippen LogP) is 3.72. The molecule has 0 radical (unpaired) electrons. The highest BCUT2D eigenvalue weighted by molar-refractivity contribution is 5.94. The standard InChI is InChI=1S/C26H37N5O/c1-4-20(2)30-25(32)23-14-10-11-21(17-23)18-28-26(27-3)29-19-24(31-15-8-9-16-31)22-12-6-5-7-13-22/h5-7,10-14,17,20,24H,4,8-9,15-16,18-19H2,1-3H3,(H,30,32)(H2,27,28,29). The van der Waals surface area contributed by atoms with Gasteiger partial charge in [0.2, 0.25) is 0 Å². The van der Waals surface area contributed by atoms with E-state index >= 15 is 0 Å². The van der Waals surface area contributed by atoms with Crippen LogP contribution in [-0.4, -0.2) is 49.5 Å². The highest BCUT2D eigenvalue weighted by Crippen LogP contribution is 2.24. The molecule has 0 bridgehead atoms. The molecule has 0 spiro atoms. The number of aliphatic imine (C=N–C) groups is 1. The van der Waals surface area contributed by atoms with Crippen molar-refractivity contribution in [3.8, 4) is 0 Å². The van der Waals surface area contributed by atoms with Crippen LogP contribution in [0.3, 0.4) is 0 Å². The highest BCUT2D eigenvalue weighted by Gasteiger charge is 2.23. The highest BCUT2D eigenvalue weighted by atomic mass is 16.1. The van der Waals surface area contributed by atoms with Gasteiger partial charge in [-0.1, -0.05) is 49.4 Å². The van der Waals surface area contributed by atoms with E-state index in [1.54, 1.807) is 7.05 Å². The zero-order valence-corrected chi connectivity index (χ0v) is 19.6. The molecule has 6 heteroatoms. The Morgan fingerprint density at radius 2 is 1.81 bits per heavy atom. The van der Waals surface area contributed by atoms with Gasteiger partial charge in [0.25, 0.3) is 5.91 Å². The average Bonchev–Trinajstić information content (AvgIpc) is 3.36. The van der Waals surface area contributed by atoms with Crippen molar-refractivity contribution in [1.29, 1.82) is 0 Å². The fourth-order valence-electron chi connectivity index (χ4n) is 4.02. The molecule has 2 unspecified atom stereocenters. The summed E-state index contributed by atoms with van der Waals surface area (Å²) in [4.78, 5) is 19.4. The van der Waals surface area contributed by atoms with Crippen LogP contribution in [0.1, 0.15) is 60.6 Å². The molecule has 3 N–H and O–H groups in total. The van der Waals surface area contributed by atoms with Gasteiger partial charge < -0.3 is 16.0 Å². The molecule has 6 nitrogen and oxygen atoms in total. The van der Waals surface area contributed by atoms with E-state index < -0.39 is 0 Å². The first-order chi connectivity index (χ1) is 15.6. The average molecular weight is 436 g/mol. The van der Waals surface area contributed by atoms with Crippen LogP contribution < -0.4 is 16.0 Å². The SMILES string of the molecule is CCC(C)NC(=O)c1cccc(CNC(=NC)NCC(c2ccccc2)N2CCCC2)c1. The maximum atomic E-state index is 12.4. The molecule has 2 atom stereocenters. The lowest BCUT2D eigenvalue weighted by atomic mass is 10.1. The molecule has 2 aromatic carbocycles. The molecule has 2 aromatic rings. The van der Waals surface area contributed by atoms with Crippen molar-refractivity contribution in [3.05, 3.63) is 71.3 Å². The van der Waals surface area contributed by atoms with Gasteiger partial charge in [-0.05, 0) is 62.5 Å². The van der Waals surface area contributed by atoms with Gasteiger partial charge in [0.05, 0.1) is 6.04 Å². The number of nitrogens with one attached hydrogen (secondary N) is 3. The molecule has 32 heavy (non-hydrogen) atoms. The van der Waals surface area contributed by atoms with Gasteiger partial charge in [0, 0.05) is 31.7 Å². The second-order valence-corrected chi connectivity index (χ2v) is 8.46. The first-order valence-electron chi connectivity index (χ1n) is 11.7. The molecule has 172 valence electrons. The number of guanidine groups is 1. The molecule has 3 rings (SSSR count). The van der Waals surface area contributed by atoms with Crippen LogP contribution in [-0.2, 0) is 6.54 Å². The lowest BCUT2D eigenvalue weighted by molar-refractivity contribution is 0.0939. The van der Waals surface area contributed by atoms with Gasteiger partial charge in [-0.3, -0.25) is 14.7 Å². The second kappa shape index (κ2) is 12.2. The van der Waals surface area contributed by atoms with Crippen LogP contribution >= 0.6 is 0 Å². The Labute approximate surface area is 192 Å². The summed E-state index contributed by atoms with van der Waals surface area (Å²) in [5, 5.41) is 9.92. The summed E-state index contributed by atoms with van der Waals surface area (Å²) < 4.78 is 0. The number of likely N-dealkylation sites (tertiary alicyclic amines) is 1. The van der Waals surface area contributed by atoms with Crippen molar-refractivity contribution in [2.24, 2.45) is 4.99 Å². The van der Waals surface area contributed by atoms with E-state index in [1.807, 2.05) is 31.2 Å². The Morgan fingerprint density at radius 3 is 2.50 bits per heavy atom. The fourth-order valence-corrected chi connectivity index (χ4v) is 4.02. The summed E-state index contributed by atoms with van der Waals surface area (Å²) in [6, 6.07) is 18.9. The van der Waals surface area contributed by atoms with Crippen molar-refractivity contribution >= 4 is 11.9 Å². The number of hydrogen-bond acceptors (Lipinski definition) is 3. The third kappa shape index (κ3) is 6.82. The van der Waals surface area contributed by atoms with Crippen molar-refractivity contribution in [1.82, 2.24) is 20.9 Å². The van der Waals surface area contributed by atoms with Crippen LogP contribution in [0.5, 0.6) is 0 Å². The molecular formula is C26H37N5O. The van der Waals surface area contributed by atoms with Gasteiger partial charge in [-0.2, -0.15) is 0 Å². The Balaban J connectivity index is 1.57. The van der Waals surface area contributed by atoms with Gasteiger partial charge in [-0.25, -0.2) is 0 Å². The van der Waals surface area contributed by atoms with Crippen LogP contribution in [0.25, 0.3) is 0 Å². The lowest BCUT2D eigenvalue weighted by Crippen LogP contribution is -2.42. The van der Waals surface area contributed by atoms with Crippen molar-refractivity contribution in [2.45, 2.75) is 51.7 Å². The number of benzene rings is 2. The summed E-state index contributed by atoms with van der Waals surface area (Å²) in [5.74, 6) is 0.736. The minimum Gasteiger partial charge on any atom is -0.354 e. The smallest absolute Gasteiger partial charge is 0.251 e. The van der Waals surface area contributed by atoms with Gasteiger partial charge in [0.15, 0.2) is 5.96 Å². The quantitative estimate of drug-likeness (QED) is 0.415. The van der Waals surface area contributed by atoms with Gasteiger partial charge >= 0.3 is 0 Å². The molecule has 0 aromatic heterocycles. The minimum atomic E-state index is -0.0278. The van der Waals surface area contributed by atoms with E-state index in [2.05, 4.69) is 63.1 Å². The number of carbonyl (C=O) groups is 1. The molecule has 1 fully saturated rings. The molecule has 0 saturated carbocycles. The molecule has 1 amide bonds. The number of carbonyl (C=O) groups excluding carboxylic acids is 1. The summed E-state index contributed by atoms with van der Waals surface area (Å²) in [5.41, 5.74) is 3.06. The minimum absolute atomic E-state index is 0.0278. The lowest BCUT2D eigenvalue weighted by Gasteiger charge is -2.29. The zero-order chi connectivity index (χ0) is 22.8. The van der Waals surface area contributed by atoms with Gasteiger partial charge in [-0.15, -0.1) is 0 Å². The molecule has 0 aliphatic carbocycles. The number of rotatable bonds is 9. The van der Waals surface area contributed by atoms with Gasteiger partial charge in [0.1, 0.15) is 0 Å². The largest absolute Gasteiger partial charge is 0.354 e. The monoisotopic (exact) mass is 435 g/mol. The Kier molecular flexibility index (Phi) is 9.11. The topological polar surface area (TPSA) is 68.8 Å². The first-order valence-corrected chi connectivity index (χ1v) is 11.7. The predicted molar refractivity (Wildman–Crippen MR) is 132 cm³/mol. The number of amides is 1. The van der Waals surface area contributed by atoms with Crippen LogP contribution in [0.2, 0.25) is 0 Å². The van der Waals surface area contributed by atoms with Crippen molar-refractivity contribution in [3.63, 3.8) is 0 Å². The molecule has 1 aliphatic heterocycles. The van der Waals surface area contributed by atoms with E-state index in [1.165, 1.54) is 18.4 Å². The zero-order valence-electron chi connectivity index (χ0n) is 19.6. The maximum absolute atomic E-state index is 12.4. The van der Waals surface area contributed by atoms with Crippen molar-refractivity contribution < 1.29 is 4.79 Å². The summed E-state index contributed by atoms with van der Waals surface area (Å²) in [6.07, 6.45) is 3.44. The molecule has 1 heterocycles. The van der Waals surface area contributed by atoms with Crippen molar-refractivity contribution in [2.75, 3.05) is 26.7 Å². The third-order valence-corrected chi connectivity index (χ3v) is 6.09. The molecular weight excluding hydrogens is 398 g/mol. The fraction of sp³-hybridized carbons (Fsp3) is 0.462. The summed E-state index contributed by atoms with van der Waals surface area (Å²) in [7, 11) is 1.79. The van der Waals surface area contributed by atoms with Crippen LogP contribution in [0.15, 0.2) is 59.6 Å². The van der Waals surface area contributed by atoms with E-state index in [0.717, 1.165) is 37.6 Å². The van der Waals surface area contributed by atoms with E-state index in [-0.39, 0.29) is 11.9 Å². The molecule has 1 saturated heterocycles. The van der Waals surface area contributed by atoms with Crippen LogP contribution in [0.4, 0.5) is 0 Å². The Hall–Kier alpha value is -2.86. The second-order valence-electron chi connectivity index (χ2n) is 8.46. The van der Waals surface area contributed by atoms with E-state index in [9.17, 15) is 4.79 Å². The summed E-state index contributed by atoms with van der Waals surface area (Å²) >= 11 is 0. The summed E-state index contributed by atoms with van der Waals surface area (Å²) in [6.45, 7) is 7.75. The number of nitrogens with zero attached hydrogens (tertiary/aromatic N) is 2. The Bertz CT molecular complexity index is 877. The number of hydrogen-bond donors (Lipinski definition) is 3. The molecule has 1 aliphatic rings. The third-order valence-electron chi connectivity index (χ3n) is 6.09. The maximum Gasteiger partial charge on any atom is 0.251 e. The normalized spacial score (nSPS) is 16.4.